The number of urea groups is 1. The molecule has 0 spiro atoms. The zero-order valence-electron chi connectivity index (χ0n) is 9.17. The lowest BCUT2D eigenvalue weighted by Gasteiger charge is -2.24. The lowest BCUT2D eigenvalue weighted by molar-refractivity contribution is 0.229. The van der Waals surface area contributed by atoms with Crippen LogP contribution >= 0.6 is 0 Å². The van der Waals surface area contributed by atoms with E-state index in [1.54, 1.807) is 0 Å². The highest BCUT2D eigenvalue weighted by Crippen LogP contribution is 2.17. The molecule has 2 aliphatic carbocycles. The van der Waals surface area contributed by atoms with Gasteiger partial charge in [0.1, 0.15) is 0 Å². The number of hydrogen-bond donors (Lipinski definition) is 2. The van der Waals surface area contributed by atoms with Gasteiger partial charge in [0.2, 0.25) is 0 Å². The minimum absolute atomic E-state index is 0.0237. The van der Waals surface area contributed by atoms with Crippen molar-refractivity contribution in [1.82, 2.24) is 10.6 Å². The van der Waals surface area contributed by atoms with E-state index in [1.807, 2.05) is 0 Å². The van der Waals surface area contributed by atoms with Crippen LogP contribution in [0.4, 0.5) is 4.79 Å². The molecule has 0 aromatic carbocycles. The van der Waals surface area contributed by atoms with Crippen molar-refractivity contribution in [1.29, 1.82) is 0 Å². The van der Waals surface area contributed by atoms with Crippen LogP contribution in [0.5, 0.6) is 0 Å². The summed E-state index contributed by atoms with van der Waals surface area (Å²) in [7, 11) is 0. The quantitative estimate of drug-likeness (QED) is 0.672. The molecule has 0 atom stereocenters. The molecule has 1 saturated carbocycles. The standard InChI is InChI=1S/C12H20N2O/c15-12(14-11-8-4-5-9-11)13-10-6-2-1-3-7-10/h4-5,10-11H,1-3,6-9H2,(H2,13,14,15). The first-order valence-electron chi connectivity index (χ1n) is 6.06. The molecular weight excluding hydrogens is 188 g/mol. The van der Waals surface area contributed by atoms with Gasteiger partial charge in [-0.05, 0) is 25.7 Å². The molecule has 3 nitrogen and oxygen atoms in total. The molecule has 0 aromatic heterocycles. The molecule has 0 radical (unpaired) electrons. The molecule has 1 fully saturated rings. The maximum atomic E-state index is 11.6. The zero-order chi connectivity index (χ0) is 10.5. The molecular formula is C12H20N2O. The van der Waals surface area contributed by atoms with E-state index in [-0.39, 0.29) is 6.03 Å². The van der Waals surface area contributed by atoms with Crippen LogP contribution in [-0.4, -0.2) is 18.1 Å². The third-order valence-electron chi connectivity index (χ3n) is 3.28. The average Bonchev–Trinajstić information content (AvgIpc) is 2.71. The summed E-state index contributed by atoms with van der Waals surface area (Å²) in [6.07, 6.45) is 12.4. The molecule has 0 bridgehead atoms. The maximum Gasteiger partial charge on any atom is 0.315 e. The van der Waals surface area contributed by atoms with Crippen molar-refractivity contribution in [2.24, 2.45) is 0 Å². The summed E-state index contributed by atoms with van der Waals surface area (Å²) in [6.45, 7) is 0. The molecule has 2 N–H and O–H groups in total. The Bertz CT molecular complexity index is 236. The molecule has 15 heavy (non-hydrogen) atoms. The Balaban J connectivity index is 1.67. The zero-order valence-corrected chi connectivity index (χ0v) is 9.17. The van der Waals surface area contributed by atoms with Gasteiger partial charge in [0.15, 0.2) is 0 Å². The predicted molar refractivity (Wildman–Crippen MR) is 60.7 cm³/mol. The lowest BCUT2D eigenvalue weighted by Crippen LogP contribution is -2.46. The van der Waals surface area contributed by atoms with Gasteiger partial charge in [0.25, 0.3) is 0 Å². The van der Waals surface area contributed by atoms with Crippen LogP contribution in [0.15, 0.2) is 12.2 Å². The summed E-state index contributed by atoms with van der Waals surface area (Å²) in [5, 5.41) is 6.08. The highest BCUT2D eigenvalue weighted by atomic mass is 16.2. The first kappa shape index (κ1) is 10.5. The lowest BCUT2D eigenvalue weighted by atomic mass is 9.96. The van der Waals surface area contributed by atoms with Gasteiger partial charge in [-0.25, -0.2) is 4.79 Å². The second kappa shape index (κ2) is 5.19. The van der Waals surface area contributed by atoms with Crippen LogP contribution < -0.4 is 10.6 Å². The monoisotopic (exact) mass is 208 g/mol. The smallest absolute Gasteiger partial charge is 0.315 e. The maximum absolute atomic E-state index is 11.6. The van der Waals surface area contributed by atoms with Gasteiger partial charge in [-0.1, -0.05) is 31.4 Å². The number of carbonyl (C=O) groups excluding carboxylic acids is 1. The fourth-order valence-electron chi connectivity index (χ4n) is 2.39. The normalized spacial score (nSPS) is 22.9. The summed E-state index contributed by atoms with van der Waals surface area (Å²) in [5.74, 6) is 0. The topological polar surface area (TPSA) is 41.1 Å². The van der Waals surface area contributed by atoms with Gasteiger partial charge in [0, 0.05) is 12.1 Å². The van der Waals surface area contributed by atoms with Gasteiger partial charge in [-0.15, -0.1) is 0 Å². The second-order valence-electron chi connectivity index (χ2n) is 4.59. The molecule has 0 heterocycles. The van der Waals surface area contributed by atoms with E-state index in [9.17, 15) is 4.79 Å². The Kier molecular flexibility index (Phi) is 3.64. The molecule has 0 unspecified atom stereocenters. The number of amides is 2. The van der Waals surface area contributed by atoms with Crippen LogP contribution in [0.1, 0.15) is 44.9 Å². The van der Waals surface area contributed by atoms with E-state index in [0.717, 1.165) is 25.7 Å². The van der Waals surface area contributed by atoms with E-state index in [2.05, 4.69) is 22.8 Å². The first-order chi connectivity index (χ1) is 7.34. The van der Waals surface area contributed by atoms with E-state index in [4.69, 9.17) is 0 Å². The highest BCUT2D eigenvalue weighted by molar-refractivity contribution is 5.74. The molecule has 2 aliphatic rings. The number of carbonyl (C=O) groups is 1. The van der Waals surface area contributed by atoms with E-state index < -0.39 is 0 Å². The van der Waals surface area contributed by atoms with E-state index in [0.29, 0.717) is 12.1 Å². The fraction of sp³-hybridized carbons (Fsp3) is 0.750. The second-order valence-corrected chi connectivity index (χ2v) is 4.59. The number of hydrogen-bond acceptors (Lipinski definition) is 1. The van der Waals surface area contributed by atoms with Crippen LogP contribution in [0.25, 0.3) is 0 Å². The van der Waals surface area contributed by atoms with Crippen molar-refractivity contribution < 1.29 is 4.79 Å². The van der Waals surface area contributed by atoms with E-state index >= 15 is 0 Å². The first-order valence-corrected chi connectivity index (χ1v) is 6.06. The summed E-state index contributed by atoms with van der Waals surface area (Å²) in [4.78, 5) is 11.6. The summed E-state index contributed by atoms with van der Waals surface area (Å²) in [6, 6.07) is 0.761. The molecule has 84 valence electrons. The molecule has 2 rings (SSSR count). The van der Waals surface area contributed by atoms with Crippen molar-refractivity contribution in [3.63, 3.8) is 0 Å². The Morgan fingerprint density at radius 3 is 2.20 bits per heavy atom. The van der Waals surface area contributed by atoms with Gasteiger partial charge in [-0.2, -0.15) is 0 Å². The van der Waals surface area contributed by atoms with Crippen LogP contribution in [-0.2, 0) is 0 Å². The molecule has 3 heteroatoms. The van der Waals surface area contributed by atoms with Crippen LogP contribution in [0, 0.1) is 0 Å². The Morgan fingerprint density at radius 1 is 0.933 bits per heavy atom. The van der Waals surface area contributed by atoms with E-state index in [1.165, 1.54) is 19.3 Å². The molecule has 0 aromatic rings. The summed E-state index contributed by atoms with van der Waals surface area (Å²) in [5.41, 5.74) is 0. The third-order valence-corrected chi connectivity index (χ3v) is 3.28. The largest absolute Gasteiger partial charge is 0.335 e. The number of nitrogens with one attached hydrogen (secondary N) is 2. The fourth-order valence-corrected chi connectivity index (χ4v) is 2.39. The van der Waals surface area contributed by atoms with Gasteiger partial charge in [-0.3, -0.25) is 0 Å². The van der Waals surface area contributed by atoms with Gasteiger partial charge < -0.3 is 10.6 Å². The van der Waals surface area contributed by atoms with Crippen LogP contribution in [0.2, 0.25) is 0 Å². The van der Waals surface area contributed by atoms with Crippen molar-refractivity contribution in [3.05, 3.63) is 12.2 Å². The Labute approximate surface area is 91.3 Å². The van der Waals surface area contributed by atoms with Crippen LogP contribution in [0.3, 0.4) is 0 Å². The Hall–Kier alpha value is -0.990. The minimum Gasteiger partial charge on any atom is -0.335 e. The minimum atomic E-state index is 0.0237. The van der Waals surface area contributed by atoms with Crippen molar-refractivity contribution in [2.45, 2.75) is 57.0 Å². The predicted octanol–water partition coefficient (Wildman–Crippen LogP) is 2.34. The number of rotatable bonds is 2. The SMILES string of the molecule is O=C(NC1CC=CC1)NC1CCCCC1. The summed E-state index contributed by atoms with van der Waals surface area (Å²) >= 11 is 0. The van der Waals surface area contributed by atoms with Crippen molar-refractivity contribution in [3.8, 4) is 0 Å². The molecule has 2 amide bonds. The molecule has 0 aliphatic heterocycles. The Morgan fingerprint density at radius 2 is 1.53 bits per heavy atom. The highest BCUT2D eigenvalue weighted by Gasteiger charge is 2.18. The van der Waals surface area contributed by atoms with Gasteiger partial charge in [0.05, 0.1) is 0 Å². The van der Waals surface area contributed by atoms with Crippen molar-refractivity contribution in [2.75, 3.05) is 0 Å². The van der Waals surface area contributed by atoms with Gasteiger partial charge >= 0.3 is 6.03 Å². The average molecular weight is 208 g/mol. The molecule has 0 saturated heterocycles. The summed E-state index contributed by atoms with van der Waals surface area (Å²) < 4.78 is 0. The third kappa shape index (κ3) is 3.26. The van der Waals surface area contributed by atoms with Crippen molar-refractivity contribution >= 4 is 6.03 Å².